The first-order valence-electron chi connectivity index (χ1n) is 4.92. The Balaban J connectivity index is 2.25. The zero-order valence-electron chi connectivity index (χ0n) is 9.53. The van der Waals surface area contributed by atoms with Gasteiger partial charge in [-0.3, -0.25) is 0 Å². The summed E-state index contributed by atoms with van der Waals surface area (Å²) in [5.41, 5.74) is -0.0270. The van der Waals surface area contributed by atoms with Gasteiger partial charge in [0.25, 0.3) is 5.88 Å². The van der Waals surface area contributed by atoms with E-state index >= 15 is 0 Å². The van der Waals surface area contributed by atoms with Crippen molar-refractivity contribution in [2.75, 3.05) is 13.2 Å². The van der Waals surface area contributed by atoms with Gasteiger partial charge in [-0.05, 0) is 20.8 Å². The van der Waals surface area contributed by atoms with E-state index in [0.29, 0.717) is 6.54 Å². The second-order valence-electron chi connectivity index (χ2n) is 4.46. The molecule has 1 heterocycles. The minimum absolute atomic E-state index is 0.0270. The predicted octanol–water partition coefficient (Wildman–Crippen LogP) is 1.32. The number of β-amino-alcohol motifs (C(OH)–C–C–N with tert-alkyl or cyclic N) is 1. The van der Waals surface area contributed by atoms with Crippen molar-refractivity contribution >= 4 is 23.3 Å². The van der Waals surface area contributed by atoms with E-state index in [0.717, 1.165) is 11.7 Å². The smallest absolute Gasteiger partial charge is 0.265 e. The van der Waals surface area contributed by atoms with E-state index in [4.69, 9.17) is 16.3 Å². The van der Waals surface area contributed by atoms with Gasteiger partial charge in [-0.1, -0.05) is 11.6 Å². The number of nitrogens with zero attached hydrogens (tertiary/aromatic N) is 2. The standard InChI is InChI=1S/C9H16ClN3O2S/c1-9(2,3)11-4-6(14)5-15-8-7(10)12-16-13-8/h6,11,14H,4-5H2,1-3H3. The van der Waals surface area contributed by atoms with E-state index in [-0.39, 0.29) is 23.2 Å². The number of hydrogen-bond donors (Lipinski definition) is 2. The van der Waals surface area contributed by atoms with E-state index < -0.39 is 6.10 Å². The summed E-state index contributed by atoms with van der Waals surface area (Å²) in [4.78, 5) is 0. The molecule has 92 valence electrons. The molecule has 0 aliphatic carbocycles. The number of ether oxygens (including phenoxy) is 1. The highest BCUT2D eigenvalue weighted by atomic mass is 35.5. The van der Waals surface area contributed by atoms with Crippen LogP contribution in [0, 0.1) is 0 Å². The summed E-state index contributed by atoms with van der Waals surface area (Å²) >= 11 is 6.67. The van der Waals surface area contributed by atoms with Crippen molar-refractivity contribution in [2.45, 2.75) is 32.4 Å². The highest BCUT2D eigenvalue weighted by Crippen LogP contribution is 2.20. The Morgan fingerprint density at radius 3 is 2.69 bits per heavy atom. The van der Waals surface area contributed by atoms with Crippen LogP contribution >= 0.6 is 23.3 Å². The fourth-order valence-electron chi connectivity index (χ4n) is 0.914. The van der Waals surface area contributed by atoms with Gasteiger partial charge in [-0.15, -0.1) is 4.37 Å². The third kappa shape index (κ3) is 5.07. The summed E-state index contributed by atoms with van der Waals surface area (Å²) in [5.74, 6) is 0.279. The van der Waals surface area contributed by atoms with Gasteiger partial charge in [0.05, 0.1) is 11.7 Å². The van der Waals surface area contributed by atoms with Gasteiger partial charge in [0.1, 0.15) is 12.7 Å². The van der Waals surface area contributed by atoms with Crippen LogP contribution in [-0.4, -0.2) is 38.6 Å². The molecule has 0 fully saturated rings. The zero-order valence-corrected chi connectivity index (χ0v) is 11.1. The number of aliphatic hydroxyl groups is 1. The minimum atomic E-state index is -0.600. The fourth-order valence-corrected chi connectivity index (χ4v) is 1.56. The maximum atomic E-state index is 9.63. The van der Waals surface area contributed by atoms with Gasteiger partial charge in [-0.25, -0.2) is 0 Å². The van der Waals surface area contributed by atoms with Crippen molar-refractivity contribution < 1.29 is 9.84 Å². The van der Waals surface area contributed by atoms with Crippen LogP contribution < -0.4 is 10.1 Å². The summed E-state index contributed by atoms with van der Waals surface area (Å²) in [5, 5.41) is 13.0. The molecule has 0 saturated heterocycles. The molecule has 1 rings (SSSR count). The van der Waals surface area contributed by atoms with Crippen molar-refractivity contribution in [1.29, 1.82) is 0 Å². The van der Waals surface area contributed by atoms with Gasteiger partial charge in [-0.2, -0.15) is 4.37 Å². The molecule has 0 radical (unpaired) electrons. The molecule has 0 saturated carbocycles. The first-order chi connectivity index (χ1) is 7.38. The minimum Gasteiger partial charge on any atom is -0.472 e. The molecule has 7 heteroatoms. The zero-order chi connectivity index (χ0) is 12.2. The molecular weight excluding hydrogens is 250 g/mol. The molecule has 1 aromatic rings. The SMILES string of the molecule is CC(C)(C)NCC(O)COc1nsnc1Cl. The lowest BCUT2D eigenvalue weighted by molar-refractivity contribution is 0.0982. The largest absolute Gasteiger partial charge is 0.472 e. The van der Waals surface area contributed by atoms with Crippen LogP contribution in [0.5, 0.6) is 5.88 Å². The lowest BCUT2D eigenvalue weighted by Gasteiger charge is -2.22. The Morgan fingerprint density at radius 1 is 1.50 bits per heavy atom. The predicted molar refractivity (Wildman–Crippen MR) is 64.2 cm³/mol. The van der Waals surface area contributed by atoms with Gasteiger partial charge < -0.3 is 15.2 Å². The molecule has 0 spiro atoms. The molecule has 1 aromatic heterocycles. The van der Waals surface area contributed by atoms with Crippen LogP contribution in [0.25, 0.3) is 0 Å². The Bertz CT molecular complexity index is 327. The third-order valence-electron chi connectivity index (χ3n) is 1.70. The molecule has 0 bridgehead atoms. The lowest BCUT2D eigenvalue weighted by atomic mass is 10.1. The molecule has 0 aromatic carbocycles. The van der Waals surface area contributed by atoms with E-state index in [9.17, 15) is 5.11 Å². The van der Waals surface area contributed by atoms with Crippen molar-refractivity contribution in [3.8, 4) is 5.88 Å². The number of aromatic nitrogens is 2. The summed E-state index contributed by atoms with van der Waals surface area (Å²) in [6.45, 7) is 6.69. The molecule has 16 heavy (non-hydrogen) atoms. The van der Waals surface area contributed by atoms with Gasteiger partial charge in [0.2, 0.25) is 5.15 Å². The highest BCUT2D eigenvalue weighted by molar-refractivity contribution is 6.99. The number of aliphatic hydroxyl groups excluding tert-OH is 1. The lowest BCUT2D eigenvalue weighted by Crippen LogP contribution is -2.42. The molecule has 1 unspecified atom stereocenters. The summed E-state index contributed by atoms with van der Waals surface area (Å²) in [7, 11) is 0. The van der Waals surface area contributed by atoms with Crippen LogP contribution in [0.2, 0.25) is 5.15 Å². The molecule has 5 nitrogen and oxygen atoms in total. The van der Waals surface area contributed by atoms with E-state index in [1.54, 1.807) is 0 Å². The normalized spacial score (nSPS) is 13.8. The van der Waals surface area contributed by atoms with E-state index in [2.05, 4.69) is 14.1 Å². The van der Waals surface area contributed by atoms with Crippen LogP contribution in [0.3, 0.4) is 0 Å². The van der Waals surface area contributed by atoms with Crippen molar-refractivity contribution in [1.82, 2.24) is 14.1 Å². The maximum Gasteiger partial charge on any atom is 0.265 e. The Kier molecular flexibility index (Phi) is 4.91. The first kappa shape index (κ1) is 13.6. The molecule has 0 aliphatic rings. The van der Waals surface area contributed by atoms with E-state index in [1.807, 2.05) is 20.8 Å². The highest BCUT2D eigenvalue weighted by Gasteiger charge is 2.14. The first-order valence-corrected chi connectivity index (χ1v) is 6.03. The van der Waals surface area contributed by atoms with Gasteiger partial charge in [0.15, 0.2) is 0 Å². The number of halogens is 1. The second kappa shape index (κ2) is 5.77. The molecule has 2 N–H and O–H groups in total. The van der Waals surface area contributed by atoms with E-state index in [1.165, 1.54) is 0 Å². The molecule has 1 atom stereocenters. The van der Waals surface area contributed by atoms with Crippen molar-refractivity contribution in [3.05, 3.63) is 5.15 Å². The fraction of sp³-hybridized carbons (Fsp3) is 0.778. The summed E-state index contributed by atoms with van der Waals surface area (Å²) in [6, 6.07) is 0. The van der Waals surface area contributed by atoms with Crippen molar-refractivity contribution in [2.24, 2.45) is 0 Å². The molecule has 0 aliphatic heterocycles. The number of rotatable bonds is 5. The maximum absolute atomic E-state index is 9.63. The molecular formula is C9H16ClN3O2S. The van der Waals surface area contributed by atoms with Crippen molar-refractivity contribution in [3.63, 3.8) is 0 Å². The van der Waals surface area contributed by atoms with Crippen LogP contribution in [0.1, 0.15) is 20.8 Å². The Morgan fingerprint density at radius 2 is 2.19 bits per heavy atom. The second-order valence-corrected chi connectivity index (χ2v) is 5.34. The molecule has 0 amide bonds. The Labute approximate surface area is 104 Å². The van der Waals surface area contributed by atoms with Crippen LogP contribution in [0.15, 0.2) is 0 Å². The third-order valence-corrected chi connectivity index (χ3v) is 2.56. The summed E-state index contributed by atoms with van der Waals surface area (Å²) < 4.78 is 12.8. The Hall–Kier alpha value is -0.430. The van der Waals surface area contributed by atoms with Crippen LogP contribution in [-0.2, 0) is 0 Å². The quantitative estimate of drug-likeness (QED) is 0.841. The van der Waals surface area contributed by atoms with Gasteiger partial charge >= 0.3 is 0 Å². The topological polar surface area (TPSA) is 67.3 Å². The average molecular weight is 266 g/mol. The van der Waals surface area contributed by atoms with Gasteiger partial charge in [0, 0.05) is 12.1 Å². The van der Waals surface area contributed by atoms with Crippen LogP contribution in [0.4, 0.5) is 0 Å². The number of nitrogens with one attached hydrogen (secondary N) is 1. The number of hydrogen-bond acceptors (Lipinski definition) is 6. The summed E-state index contributed by atoms with van der Waals surface area (Å²) in [6.07, 6.45) is -0.600. The monoisotopic (exact) mass is 265 g/mol. The average Bonchev–Trinajstić information content (AvgIpc) is 2.57.